The van der Waals surface area contributed by atoms with E-state index in [4.69, 9.17) is 0 Å². The molecule has 0 bridgehead atoms. The predicted molar refractivity (Wildman–Crippen MR) is 74.8 cm³/mol. The lowest BCUT2D eigenvalue weighted by molar-refractivity contribution is -0.120. The Morgan fingerprint density at radius 1 is 1.29 bits per heavy atom. The van der Waals surface area contributed by atoms with Crippen LogP contribution in [0.4, 0.5) is 8.78 Å². The Labute approximate surface area is 123 Å². The van der Waals surface area contributed by atoms with Gasteiger partial charge in [0.1, 0.15) is 11.6 Å². The lowest BCUT2D eigenvalue weighted by Gasteiger charge is -2.20. The van der Waals surface area contributed by atoms with Gasteiger partial charge < -0.3 is 0 Å². The Morgan fingerprint density at radius 2 is 1.86 bits per heavy atom. The predicted octanol–water partition coefficient (Wildman–Crippen LogP) is 1.77. The molecular formula is C13H18F2N2O3S. The molecule has 1 aromatic carbocycles. The Morgan fingerprint density at radius 3 is 2.33 bits per heavy atom. The van der Waals surface area contributed by atoms with Gasteiger partial charge in [-0.25, -0.2) is 13.5 Å². The number of nitrogens with zero attached hydrogens (tertiary/aromatic N) is 1. The fourth-order valence-electron chi connectivity index (χ4n) is 1.84. The van der Waals surface area contributed by atoms with Crippen molar-refractivity contribution in [3.8, 4) is 0 Å². The molecule has 1 atom stereocenters. The van der Waals surface area contributed by atoms with Gasteiger partial charge in [-0.2, -0.15) is 12.7 Å². The number of carbonyl (C=O) groups excluding carboxylic acids is 1. The number of benzene rings is 1. The highest BCUT2D eigenvalue weighted by Crippen LogP contribution is 2.20. The van der Waals surface area contributed by atoms with Crippen LogP contribution < -0.4 is 4.72 Å². The van der Waals surface area contributed by atoms with Crippen LogP contribution in [0.2, 0.25) is 0 Å². The molecule has 118 valence electrons. The van der Waals surface area contributed by atoms with Gasteiger partial charge in [0.15, 0.2) is 0 Å². The van der Waals surface area contributed by atoms with Crippen LogP contribution in [-0.2, 0) is 15.0 Å². The van der Waals surface area contributed by atoms with Crippen molar-refractivity contribution in [3.63, 3.8) is 0 Å². The first-order chi connectivity index (χ1) is 9.72. The summed E-state index contributed by atoms with van der Waals surface area (Å²) < 4.78 is 53.2. The zero-order valence-corrected chi connectivity index (χ0v) is 12.9. The first-order valence-electron chi connectivity index (χ1n) is 6.49. The third-order valence-corrected chi connectivity index (χ3v) is 4.75. The van der Waals surface area contributed by atoms with Gasteiger partial charge in [0.25, 0.3) is 0 Å². The number of hydrogen-bond acceptors (Lipinski definition) is 3. The van der Waals surface area contributed by atoms with Gasteiger partial charge in [0.2, 0.25) is 5.91 Å². The fourth-order valence-corrected chi connectivity index (χ4v) is 3.08. The maximum atomic E-state index is 13.6. The van der Waals surface area contributed by atoms with E-state index in [0.29, 0.717) is 6.07 Å². The molecular weight excluding hydrogens is 302 g/mol. The first kappa shape index (κ1) is 17.5. The molecule has 0 aliphatic carbocycles. The van der Waals surface area contributed by atoms with E-state index in [2.05, 4.69) is 0 Å². The quantitative estimate of drug-likeness (QED) is 0.869. The van der Waals surface area contributed by atoms with Crippen molar-refractivity contribution in [1.82, 2.24) is 9.03 Å². The van der Waals surface area contributed by atoms with Crippen LogP contribution in [0, 0.1) is 11.6 Å². The largest absolute Gasteiger partial charge is 0.303 e. The molecule has 0 unspecified atom stereocenters. The minimum Gasteiger partial charge on any atom is -0.273 e. The van der Waals surface area contributed by atoms with Gasteiger partial charge in [-0.05, 0) is 13.0 Å². The molecule has 0 radical (unpaired) electrons. The van der Waals surface area contributed by atoms with Crippen LogP contribution in [0.1, 0.15) is 32.3 Å². The van der Waals surface area contributed by atoms with Crippen LogP contribution in [0.3, 0.4) is 0 Å². The summed E-state index contributed by atoms with van der Waals surface area (Å²) >= 11 is 0. The summed E-state index contributed by atoms with van der Waals surface area (Å²) in [6.45, 7) is 5.03. The van der Waals surface area contributed by atoms with Gasteiger partial charge in [0.05, 0.1) is 5.92 Å². The topological polar surface area (TPSA) is 66.5 Å². The monoisotopic (exact) mass is 320 g/mol. The molecule has 1 N–H and O–H groups in total. The third-order valence-electron chi connectivity index (χ3n) is 3.10. The molecule has 1 amide bonds. The number of carbonyl (C=O) groups is 1. The average molecular weight is 320 g/mol. The van der Waals surface area contributed by atoms with Crippen LogP contribution in [0.25, 0.3) is 0 Å². The maximum Gasteiger partial charge on any atom is 0.303 e. The summed E-state index contributed by atoms with van der Waals surface area (Å²) in [6, 6.07) is 2.79. The van der Waals surface area contributed by atoms with Crippen molar-refractivity contribution in [2.24, 2.45) is 0 Å². The van der Waals surface area contributed by atoms with Crippen LogP contribution in [0.5, 0.6) is 0 Å². The summed E-state index contributed by atoms with van der Waals surface area (Å²) in [4.78, 5) is 12.0. The number of nitrogens with one attached hydrogen (secondary N) is 1. The van der Waals surface area contributed by atoms with E-state index in [-0.39, 0.29) is 18.7 Å². The molecule has 1 rings (SSSR count). The van der Waals surface area contributed by atoms with E-state index < -0.39 is 33.7 Å². The lowest BCUT2D eigenvalue weighted by atomic mass is 10.0. The normalized spacial score (nSPS) is 13.2. The van der Waals surface area contributed by atoms with E-state index in [1.54, 1.807) is 13.8 Å². The second-order valence-corrected chi connectivity index (χ2v) is 6.11. The minimum absolute atomic E-state index is 0.0661. The van der Waals surface area contributed by atoms with E-state index in [9.17, 15) is 22.0 Å². The van der Waals surface area contributed by atoms with Crippen molar-refractivity contribution in [3.05, 3.63) is 35.4 Å². The highest BCUT2D eigenvalue weighted by molar-refractivity contribution is 7.87. The molecule has 8 heteroatoms. The lowest BCUT2D eigenvalue weighted by Crippen LogP contribution is -2.44. The van der Waals surface area contributed by atoms with E-state index in [1.807, 2.05) is 4.72 Å². The smallest absolute Gasteiger partial charge is 0.273 e. The Kier molecular flexibility index (Phi) is 5.79. The molecule has 21 heavy (non-hydrogen) atoms. The highest BCUT2D eigenvalue weighted by atomic mass is 32.2. The van der Waals surface area contributed by atoms with E-state index in [0.717, 1.165) is 16.4 Å². The van der Waals surface area contributed by atoms with E-state index in [1.165, 1.54) is 6.92 Å². The third kappa shape index (κ3) is 4.21. The maximum absolute atomic E-state index is 13.6. The summed E-state index contributed by atoms with van der Waals surface area (Å²) in [5, 5.41) is 0. The molecule has 5 nitrogen and oxygen atoms in total. The minimum atomic E-state index is -3.96. The summed E-state index contributed by atoms with van der Waals surface area (Å²) in [6.07, 6.45) is 0. The van der Waals surface area contributed by atoms with Gasteiger partial charge in [0, 0.05) is 24.7 Å². The number of hydrogen-bond donors (Lipinski definition) is 1. The number of halogens is 2. The molecule has 0 fully saturated rings. The Hall–Kier alpha value is -1.54. The zero-order valence-electron chi connectivity index (χ0n) is 12.1. The summed E-state index contributed by atoms with van der Waals surface area (Å²) in [5.74, 6) is -3.58. The standard InChI is InChI=1S/C13H18F2N2O3S/c1-4-17(5-2)21(19,20)16-13(18)9(3)11-7-6-10(14)8-12(11)15/h6-9H,4-5H2,1-3H3,(H,16,18)/t9-/m1/s1. The molecule has 0 saturated carbocycles. The highest BCUT2D eigenvalue weighted by Gasteiger charge is 2.26. The first-order valence-corrected chi connectivity index (χ1v) is 7.93. The second kappa shape index (κ2) is 6.95. The Balaban J connectivity index is 2.93. The van der Waals surface area contributed by atoms with Crippen LogP contribution in [0.15, 0.2) is 18.2 Å². The SMILES string of the molecule is CCN(CC)S(=O)(=O)NC(=O)[C@H](C)c1ccc(F)cc1F. The molecule has 0 heterocycles. The van der Waals surface area contributed by atoms with E-state index >= 15 is 0 Å². The average Bonchev–Trinajstić information content (AvgIpc) is 2.38. The molecule has 0 aliphatic rings. The molecule has 0 aromatic heterocycles. The fraction of sp³-hybridized carbons (Fsp3) is 0.462. The van der Waals surface area contributed by atoms with Crippen molar-refractivity contribution >= 4 is 16.1 Å². The summed E-state index contributed by atoms with van der Waals surface area (Å²) in [7, 11) is -3.96. The number of rotatable bonds is 6. The summed E-state index contributed by atoms with van der Waals surface area (Å²) in [5.41, 5.74) is -0.0661. The van der Waals surface area contributed by atoms with Crippen LogP contribution in [-0.4, -0.2) is 31.7 Å². The van der Waals surface area contributed by atoms with Crippen LogP contribution >= 0.6 is 0 Å². The molecule has 0 aliphatic heterocycles. The molecule has 0 saturated heterocycles. The van der Waals surface area contributed by atoms with Gasteiger partial charge in [-0.3, -0.25) is 4.79 Å². The molecule has 0 spiro atoms. The Bertz CT molecular complexity index is 616. The van der Waals surface area contributed by atoms with Crippen molar-refractivity contribution in [2.75, 3.05) is 13.1 Å². The number of amides is 1. The van der Waals surface area contributed by atoms with Crippen molar-refractivity contribution in [1.29, 1.82) is 0 Å². The second-order valence-electron chi connectivity index (χ2n) is 4.44. The zero-order chi connectivity index (χ0) is 16.2. The van der Waals surface area contributed by atoms with Gasteiger partial charge >= 0.3 is 10.2 Å². The van der Waals surface area contributed by atoms with Crippen molar-refractivity contribution < 1.29 is 22.0 Å². The molecule has 1 aromatic rings. The van der Waals surface area contributed by atoms with Crippen molar-refractivity contribution in [2.45, 2.75) is 26.7 Å². The van der Waals surface area contributed by atoms with Gasteiger partial charge in [-0.15, -0.1) is 0 Å². The van der Waals surface area contributed by atoms with Gasteiger partial charge in [-0.1, -0.05) is 19.9 Å².